The third kappa shape index (κ3) is 0.979. The highest BCUT2D eigenvalue weighted by molar-refractivity contribution is 5.87. The molecule has 0 aromatic rings. The first-order chi connectivity index (χ1) is 6.72. The molecule has 3 unspecified atom stereocenters. The maximum absolute atomic E-state index is 11.9. The minimum Gasteiger partial charge on any atom is -0.389 e. The lowest BCUT2D eigenvalue weighted by Crippen LogP contribution is -2.53. The van der Waals surface area contributed by atoms with E-state index < -0.39 is 5.60 Å². The molecule has 4 atom stereocenters. The van der Waals surface area contributed by atoms with E-state index in [1.807, 2.05) is 0 Å². The van der Waals surface area contributed by atoms with Crippen molar-refractivity contribution in [2.24, 2.45) is 17.8 Å². The zero-order valence-corrected chi connectivity index (χ0v) is 8.54. The van der Waals surface area contributed by atoms with Crippen molar-refractivity contribution in [3.8, 4) is 0 Å². The van der Waals surface area contributed by atoms with E-state index in [4.69, 9.17) is 0 Å². The molecular weight excluding hydrogens is 176 g/mol. The molecule has 0 saturated heterocycles. The quantitative estimate of drug-likeness (QED) is 0.639. The summed E-state index contributed by atoms with van der Waals surface area (Å²) in [7, 11) is 0. The van der Waals surface area contributed by atoms with E-state index in [0.29, 0.717) is 17.6 Å². The highest BCUT2D eigenvalue weighted by Crippen LogP contribution is 2.53. The first-order valence-electron chi connectivity index (χ1n) is 5.98. The predicted octanol–water partition coefficient (Wildman–Crippen LogP) is 1.91. The molecule has 2 heteroatoms. The van der Waals surface area contributed by atoms with Crippen LogP contribution in [0.3, 0.4) is 0 Å². The Balaban J connectivity index is 1.96. The van der Waals surface area contributed by atoms with Crippen molar-refractivity contribution in [3.63, 3.8) is 0 Å². The van der Waals surface area contributed by atoms with Crippen LogP contribution in [0.4, 0.5) is 0 Å². The highest BCUT2D eigenvalue weighted by Gasteiger charge is 2.56. The summed E-state index contributed by atoms with van der Waals surface area (Å²) in [6.45, 7) is 0. The molecule has 0 spiro atoms. The molecule has 2 bridgehead atoms. The molecule has 14 heavy (non-hydrogen) atoms. The summed E-state index contributed by atoms with van der Waals surface area (Å²) in [6, 6.07) is 0. The molecule has 0 amide bonds. The molecule has 3 saturated carbocycles. The molecule has 0 heterocycles. The third-order valence-electron chi connectivity index (χ3n) is 4.81. The summed E-state index contributed by atoms with van der Waals surface area (Å²) >= 11 is 0. The Labute approximate surface area is 84.7 Å². The van der Waals surface area contributed by atoms with E-state index in [-0.39, 0.29) is 5.92 Å². The molecule has 3 rings (SSSR count). The Morgan fingerprint density at radius 1 is 1.21 bits per heavy atom. The van der Waals surface area contributed by atoms with E-state index in [0.717, 1.165) is 38.5 Å². The van der Waals surface area contributed by atoms with Crippen LogP contribution in [0.15, 0.2) is 0 Å². The zero-order valence-electron chi connectivity index (χ0n) is 8.54. The predicted molar refractivity (Wildman–Crippen MR) is 52.7 cm³/mol. The maximum atomic E-state index is 11.9. The average molecular weight is 194 g/mol. The van der Waals surface area contributed by atoms with Crippen molar-refractivity contribution in [1.29, 1.82) is 0 Å². The van der Waals surface area contributed by atoms with Crippen LogP contribution in [-0.2, 0) is 4.79 Å². The Hall–Kier alpha value is -0.370. The number of carbonyl (C=O) groups is 1. The van der Waals surface area contributed by atoms with E-state index >= 15 is 0 Å². The first-order valence-corrected chi connectivity index (χ1v) is 5.98. The second-order valence-corrected chi connectivity index (χ2v) is 5.40. The SMILES string of the molecule is O=C1C2CC[C@H]1C1(O)CCCCC1C2. The van der Waals surface area contributed by atoms with Gasteiger partial charge in [0.05, 0.1) is 5.60 Å². The number of carbonyl (C=O) groups excluding carboxylic acids is 1. The van der Waals surface area contributed by atoms with Gasteiger partial charge in [-0.05, 0) is 38.0 Å². The van der Waals surface area contributed by atoms with Crippen molar-refractivity contribution in [1.82, 2.24) is 0 Å². The lowest BCUT2D eigenvalue weighted by Gasteiger charge is -2.46. The van der Waals surface area contributed by atoms with Gasteiger partial charge in [0, 0.05) is 11.8 Å². The molecule has 0 aromatic carbocycles. The van der Waals surface area contributed by atoms with Gasteiger partial charge in [-0.3, -0.25) is 4.79 Å². The van der Waals surface area contributed by atoms with Gasteiger partial charge in [-0.25, -0.2) is 0 Å². The Bertz CT molecular complexity index is 273. The summed E-state index contributed by atoms with van der Waals surface area (Å²) in [5, 5.41) is 10.6. The summed E-state index contributed by atoms with van der Waals surface area (Å²) in [5.41, 5.74) is -0.595. The van der Waals surface area contributed by atoms with Gasteiger partial charge in [-0.2, -0.15) is 0 Å². The van der Waals surface area contributed by atoms with Crippen molar-refractivity contribution in [3.05, 3.63) is 0 Å². The molecule has 78 valence electrons. The standard InChI is InChI=1S/C12H18O2/c13-11-8-4-5-10(11)12(14)6-2-1-3-9(12)7-8/h8-10,14H,1-7H2/t8?,9?,10-,12?/m1/s1. The zero-order chi connectivity index (χ0) is 9.76. The van der Waals surface area contributed by atoms with Gasteiger partial charge in [0.25, 0.3) is 0 Å². The third-order valence-corrected chi connectivity index (χ3v) is 4.81. The Morgan fingerprint density at radius 2 is 2.07 bits per heavy atom. The van der Waals surface area contributed by atoms with Gasteiger partial charge in [0.15, 0.2) is 0 Å². The fraction of sp³-hybridized carbons (Fsp3) is 0.917. The molecule has 0 radical (unpaired) electrons. The number of rotatable bonds is 0. The van der Waals surface area contributed by atoms with Gasteiger partial charge < -0.3 is 5.11 Å². The topological polar surface area (TPSA) is 37.3 Å². The van der Waals surface area contributed by atoms with Crippen LogP contribution in [0.25, 0.3) is 0 Å². The average Bonchev–Trinajstić information content (AvgIpc) is 2.46. The largest absolute Gasteiger partial charge is 0.389 e. The fourth-order valence-electron chi connectivity index (χ4n) is 4.04. The maximum Gasteiger partial charge on any atom is 0.141 e. The lowest BCUT2D eigenvalue weighted by atomic mass is 9.62. The summed E-state index contributed by atoms with van der Waals surface area (Å²) < 4.78 is 0. The van der Waals surface area contributed by atoms with Crippen LogP contribution < -0.4 is 0 Å². The minimum atomic E-state index is -0.595. The first kappa shape index (κ1) is 8.90. The normalized spacial score (nSPS) is 51.8. The molecule has 2 nitrogen and oxygen atoms in total. The van der Waals surface area contributed by atoms with Crippen molar-refractivity contribution in [2.75, 3.05) is 0 Å². The van der Waals surface area contributed by atoms with Gasteiger partial charge in [-0.1, -0.05) is 12.8 Å². The molecule has 3 fully saturated rings. The van der Waals surface area contributed by atoms with Gasteiger partial charge in [0.1, 0.15) is 5.78 Å². The summed E-state index contributed by atoms with van der Waals surface area (Å²) in [6.07, 6.45) is 7.37. The highest BCUT2D eigenvalue weighted by atomic mass is 16.3. The molecule has 0 aromatic heterocycles. The molecule has 0 aliphatic heterocycles. The molecule has 1 N–H and O–H groups in total. The Kier molecular flexibility index (Phi) is 1.79. The Morgan fingerprint density at radius 3 is 2.93 bits per heavy atom. The lowest BCUT2D eigenvalue weighted by molar-refractivity contribution is -0.152. The molecular formula is C12H18O2. The van der Waals surface area contributed by atoms with Gasteiger partial charge >= 0.3 is 0 Å². The van der Waals surface area contributed by atoms with Gasteiger partial charge in [0.2, 0.25) is 0 Å². The van der Waals surface area contributed by atoms with Crippen LogP contribution in [0.5, 0.6) is 0 Å². The fourth-order valence-corrected chi connectivity index (χ4v) is 4.04. The van der Waals surface area contributed by atoms with Gasteiger partial charge in [-0.15, -0.1) is 0 Å². The van der Waals surface area contributed by atoms with E-state index in [2.05, 4.69) is 0 Å². The number of hydrogen-bond acceptors (Lipinski definition) is 2. The van der Waals surface area contributed by atoms with Crippen LogP contribution in [0.2, 0.25) is 0 Å². The number of aliphatic hydroxyl groups is 1. The van der Waals surface area contributed by atoms with Crippen LogP contribution in [0, 0.1) is 17.8 Å². The van der Waals surface area contributed by atoms with Crippen LogP contribution >= 0.6 is 0 Å². The second-order valence-electron chi connectivity index (χ2n) is 5.40. The second kappa shape index (κ2) is 2.82. The van der Waals surface area contributed by atoms with Crippen LogP contribution in [0.1, 0.15) is 44.9 Å². The molecule has 3 aliphatic rings. The summed E-state index contributed by atoms with van der Waals surface area (Å²) in [5.74, 6) is 1.13. The number of ketones is 1. The summed E-state index contributed by atoms with van der Waals surface area (Å²) in [4.78, 5) is 11.9. The van der Waals surface area contributed by atoms with E-state index in [9.17, 15) is 9.90 Å². The molecule has 3 aliphatic carbocycles. The smallest absolute Gasteiger partial charge is 0.141 e. The minimum absolute atomic E-state index is 0.00606. The van der Waals surface area contributed by atoms with E-state index in [1.165, 1.54) is 6.42 Å². The number of hydrogen-bond donors (Lipinski definition) is 1. The monoisotopic (exact) mass is 194 g/mol. The van der Waals surface area contributed by atoms with Crippen molar-refractivity contribution >= 4 is 5.78 Å². The number of fused-ring (bicyclic) bond motifs is 4. The number of Topliss-reactive ketones (excluding diaryl/α,β-unsaturated/α-hetero) is 1. The van der Waals surface area contributed by atoms with Crippen molar-refractivity contribution < 1.29 is 9.90 Å². The van der Waals surface area contributed by atoms with Crippen LogP contribution in [-0.4, -0.2) is 16.5 Å². The van der Waals surface area contributed by atoms with E-state index in [1.54, 1.807) is 0 Å². The van der Waals surface area contributed by atoms with Crippen molar-refractivity contribution in [2.45, 2.75) is 50.5 Å².